The molecule has 1 aliphatic heterocycles. The van der Waals surface area contributed by atoms with Crippen LogP contribution >= 0.6 is 0 Å². The van der Waals surface area contributed by atoms with Gasteiger partial charge in [-0.25, -0.2) is 13.1 Å². The number of rotatable bonds is 9. The Labute approximate surface area is 238 Å². The van der Waals surface area contributed by atoms with E-state index in [0.717, 1.165) is 61.7 Å². The van der Waals surface area contributed by atoms with E-state index in [1.165, 1.54) is 11.1 Å². The highest BCUT2D eigenvalue weighted by Crippen LogP contribution is 2.27. The highest BCUT2D eigenvalue weighted by Gasteiger charge is 2.31. The maximum Gasteiger partial charge on any atom is 0.264 e. The van der Waals surface area contributed by atoms with E-state index >= 15 is 0 Å². The predicted octanol–water partition coefficient (Wildman–Crippen LogP) is 4.89. The summed E-state index contributed by atoms with van der Waals surface area (Å²) >= 11 is 0. The number of carbonyl (C=O) groups excluding carboxylic acids is 1. The monoisotopic (exact) mass is 564 g/mol. The summed E-state index contributed by atoms with van der Waals surface area (Å²) in [6.45, 7) is 14.0. The molecule has 0 spiro atoms. The summed E-state index contributed by atoms with van der Waals surface area (Å²) in [6, 6.07) is 15.8. The van der Waals surface area contributed by atoms with Crippen molar-refractivity contribution >= 4 is 21.6 Å². The Balaban J connectivity index is 1.35. The standard InChI is InChI=1S/C31H40N4O4S/c1-6-23-18-25(27-19-29(39-7-2)21-32-20-27)8-9-26(23)22-34-14-16-35(17-15-34)28-12-10-24(11-13-28)30(36)33-40(37,38)31(3,4)5/h8-13,18-21H,6-7,14-17,22H2,1-5H3,(H,33,36). The maximum atomic E-state index is 12.5. The second kappa shape index (κ2) is 12.4. The average molecular weight is 565 g/mol. The number of amides is 1. The molecular formula is C31H40N4O4S. The van der Waals surface area contributed by atoms with Gasteiger partial charge in [-0.3, -0.25) is 14.7 Å². The number of sulfonamides is 1. The number of piperazine rings is 1. The third kappa shape index (κ3) is 7.01. The summed E-state index contributed by atoms with van der Waals surface area (Å²) in [5, 5.41) is 0. The molecule has 214 valence electrons. The molecule has 0 unspecified atom stereocenters. The number of aryl methyl sites for hydroxylation is 1. The molecule has 1 aliphatic rings. The minimum absolute atomic E-state index is 0.325. The van der Waals surface area contributed by atoms with Gasteiger partial charge in [0.1, 0.15) is 5.75 Å². The van der Waals surface area contributed by atoms with Crippen LogP contribution in [0, 0.1) is 0 Å². The van der Waals surface area contributed by atoms with Crippen molar-refractivity contribution in [3.05, 3.63) is 77.6 Å². The van der Waals surface area contributed by atoms with Crippen LogP contribution < -0.4 is 14.4 Å². The average Bonchev–Trinajstić information content (AvgIpc) is 2.93. The summed E-state index contributed by atoms with van der Waals surface area (Å²) in [5.74, 6) is 0.175. The predicted molar refractivity (Wildman–Crippen MR) is 160 cm³/mol. The number of nitrogens with zero attached hydrogens (tertiary/aromatic N) is 3. The lowest BCUT2D eigenvalue weighted by atomic mass is 9.98. The van der Waals surface area contributed by atoms with Crippen LogP contribution in [-0.4, -0.2) is 61.7 Å². The van der Waals surface area contributed by atoms with Crippen LogP contribution in [0.3, 0.4) is 0 Å². The van der Waals surface area contributed by atoms with Gasteiger partial charge in [0.15, 0.2) is 0 Å². The van der Waals surface area contributed by atoms with E-state index < -0.39 is 20.7 Å². The fraction of sp³-hybridized carbons (Fsp3) is 0.419. The van der Waals surface area contributed by atoms with Gasteiger partial charge in [-0.2, -0.15) is 0 Å². The molecule has 2 aromatic carbocycles. The van der Waals surface area contributed by atoms with Crippen molar-refractivity contribution in [2.24, 2.45) is 0 Å². The molecule has 9 heteroatoms. The Morgan fingerprint density at radius 1 is 0.925 bits per heavy atom. The van der Waals surface area contributed by atoms with Crippen LogP contribution in [0.1, 0.15) is 56.1 Å². The molecule has 0 bridgehead atoms. The van der Waals surface area contributed by atoms with E-state index in [9.17, 15) is 13.2 Å². The van der Waals surface area contributed by atoms with Crippen molar-refractivity contribution in [1.29, 1.82) is 0 Å². The van der Waals surface area contributed by atoms with Gasteiger partial charge >= 0.3 is 0 Å². The molecule has 1 N–H and O–H groups in total. The minimum Gasteiger partial charge on any atom is -0.492 e. The van der Waals surface area contributed by atoms with E-state index in [4.69, 9.17) is 4.74 Å². The van der Waals surface area contributed by atoms with E-state index in [0.29, 0.717) is 12.2 Å². The van der Waals surface area contributed by atoms with Crippen molar-refractivity contribution in [2.45, 2.75) is 52.3 Å². The Morgan fingerprint density at radius 3 is 2.25 bits per heavy atom. The fourth-order valence-electron chi connectivity index (χ4n) is 4.67. The van der Waals surface area contributed by atoms with E-state index in [1.54, 1.807) is 39.1 Å². The number of hydrogen-bond acceptors (Lipinski definition) is 7. The van der Waals surface area contributed by atoms with Crippen LogP contribution in [0.5, 0.6) is 5.75 Å². The topological polar surface area (TPSA) is 91.8 Å². The molecule has 40 heavy (non-hydrogen) atoms. The second-order valence-corrected chi connectivity index (χ2v) is 13.5. The van der Waals surface area contributed by atoms with Crippen LogP contribution in [0.15, 0.2) is 60.9 Å². The molecular weight excluding hydrogens is 524 g/mol. The van der Waals surface area contributed by atoms with Crippen molar-refractivity contribution < 1.29 is 17.9 Å². The van der Waals surface area contributed by atoms with Crippen LogP contribution in [0.25, 0.3) is 11.1 Å². The molecule has 8 nitrogen and oxygen atoms in total. The minimum atomic E-state index is -3.76. The fourth-order valence-corrected chi connectivity index (χ4v) is 5.34. The van der Waals surface area contributed by atoms with Gasteiger partial charge in [0.05, 0.1) is 17.6 Å². The lowest BCUT2D eigenvalue weighted by Gasteiger charge is -2.36. The first-order valence-electron chi connectivity index (χ1n) is 13.8. The number of aromatic nitrogens is 1. The Morgan fingerprint density at radius 2 is 1.62 bits per heavy atom. The molecule has 1 fully saturated rings. The van der Waals surface area contributed by atoms with Crippen LogP contribution in [-0.2, 0) is 23.0 Å². The highest BCUT2D eigenvalue weighted by molar-refractivity contribution is 7.91. The quantitative estimate of drug-likeness (QED) is 0.396. The zero-order chi connectivity index (χ0) is 28.9. The van der Waals surface area contributed by atoms with Crippen LogP contribution in [0.4, 0.5) is 5.69 Å². The van der Waals surface area contributed by atoms with Crippen molar-refractivity contribution in [3.8, 4) is 16.9 Å². The van der Waals surface area contributed by atoms with Gasteiger partial charge in [-0.15, -0.1) is 0 Å². The lowest BCUT2D eigenvalue weighted by molar-refractivity contribution is 0.0980. The second-order valence-electron chi connectivity index (χ2n) is 11.0. The third-order valence-electron chi connectivity index (χ3n) is 7.24. The summed E-state index contributed by atoms with van der Waals surface area (Å²) in [5.41, 5.74) is 6.23. The molecule has 1 aromatic heterocycles. The normalized spacial score (nSPS) is 14.7. The summed E-state index contributed by atoms with van der Waals surface area (Å²) in [7, 11) is -3.76. The smallest absolute Gasteiger partial charge is 0.264 e. The van der Waals surface area contributed by atoms with Gasteiger partial charge in [0.25, 0.3) is 5.91 Å². The first-order chi connectivity index (χ1) is 19.0. The third-order valence-corrected chi connectivity index (χ3v) is 9.31. The van der Waals surface area contributed by atoms with Crippen molar-refractivity contribution in [1.82, 2.24) is 14.6 Å². The number of hydrogen-bond donors (Lipinski definition) is 1. The molecule has 0 aliphatic carbocycles. The maximum absolute atomic E-state index is 12.5. The van der Waals surface area contributed by atoms with E-state index in [2.05, 4.69) is 44.6 Å². The summed E-state index contributed by atoms with van der Waals surface area (Å²) in [6.07, 6.45) is 4.58. The molecule has 1 amide bonds. The van der Waals surface area contributed by atoms with Gasteiger partial charge in [0.2, 0.25) is 10.0 Å². The number of benzene rings is 2. The van der Waals surface area contributed by atoms with E-state index in [1.807, 2.05) is 31.3 Å². The largest absolute Gasteiger partial charge is 0.492 e. The molecule has 1 saturated heterocycles. The number of pyridine rings is 1. The SMILES string of the molecule is CCOc1cncc(-c2ccc(CN3CCN(c4ccc(C(=O)NS(=O)(=O)C(C)(C)C)cc4)CC3)c(CC)c2)c1. The molecule has 0 saturated carbocycles. The molecule has 4 rings (SSSR count). The zero-order valence-electron chi connectivity index (χ0n) is 24.1. The first-order valence-corrected chi connectivity index (χ1v) is 15.3. The van der Waals surface area contributed by atoms with Crippen molar-refractivity contribution in [2.75, 3.05) is 37.7 Å². The number of anilines is 1. The van der Waals surface area contributed by atoms with E-state index in [-0.39, 0.29) is 0 Å². The summed E-state index contributed by atoms with van der Waals surface area (Å²) < 4.78 is 31.4. The number of carbonyl (C=O) groups is 1. The van der Waals surface area contributed by atoms with Gasteiger partial charge in [-0.05, 0) is 81.1 Å². The molecule has 0 atom stereocenters. The highest BCUT2D eigenvalue weighted by atomic mass is 32.2. The number of nitrogens with one attached hydrogen (secondary N) is 1. The van der Waals surface area contributed by atoms with Gasteiger partial charge in [-0.1, -0.05) is 25.1 Å². The number of ether oxygens (including phenoxy) is 1. The van der Waals surface area contributed by atoms with Gasteiger partial charge in [0, 0.05) is 55.7 Å². The van der Waals surface area contributed by atoms with Crippen molar-refractivity contribution in [3.63, 3.8) is 0 Å². The zero-order valence-corrected chi connectivity index (χ0v) is 24.9. The molecule has 0 radical (unpaired) electrons. The summed E-state index contributed by atoms with van der Waals surface area (Å²) in [4.78, 5) is 21.6. The Kier molecular flexibility index (Phi) is 9.15. The Bertz CT molecular complexity index is 1420. The molecule has 2 heterocycles. The Hall–Kier alpha value is -3.43. The van der Waals surface area contributed by atoms with Gasteiger partial charge < -0.3 is 9.64 Å². The first kappa shape index (κ1) is 29.6. The molecule has 3 aromatic rings. The lowest BCUT2D eigenvalue weighted by Crippen LogP contribution is -2.46. The van der Waals surface area contributed by atoms with Crippen LogP contribution in [0.2, 0.25) is 0 Å².